The number of likely N-dealkylation sites (N-methyl/N-ethyl adjacent to an activating group) is 3. The first-order valence-electron chi connectivity index (χ1n) is 11.1. The largest absolute Gasteiger partial charge is 1.00 e. The van der Waals surface area contributed by atoms with Crippen LogP contribution in [0.5, 0.6) is 0 Å². The normalized spacial score (nSPS) is 17.3. The molecule has 0 radical (unpaired) electrons. The number of hydrogen-bond acceptors (Lipinski definition) is 11. The summed E-state index contributed by atoms with van der Waals surface area (Å²) in [6.45, 7) is 6.31. The molecule has 3 aromatic heterocycles. The molecule has 0 amide bonds. The average molecular weight is 664 g/mol. The van der Waals surface area contributed by atoms with Crippen molar-refractivity contribution in [3.63, 3.8) is 0 Å². The third kappa shape index (κ3) is 7.72. The number of nitrogens with two attached hydrogens (primary N) is 1. The van der Waals surface area contributed by atoms with E-state index in [9.17, 15) is 0 Å². The summed E-state index contributed by atoms with van der Waals surface area (Å²) >= 11 is 8.25. The van der Waals surface area contributed by atoms with Crippen LogP contribution in [-0.2, 0) is 38.9 Å². The summed E-state index contributed by atoms with van der Waals surface area (Å²) in [6, 6.07) is 0. The number of diazo groups is 1. The molecule has 0 atom stereocenters. The highest BCUT2D eigenvalue weighted by Gasteiger charge is 2.25. The van der Waals surface area contributed by atoms with Crippen LogP contribution < -0.4 is 22.7 Å². The van der Waals surface area contributed by atoms with Crippen LogP contribution in [0.3, 0.4) is 0 Å². The van der Waals surface area contributed by atoms with E-state index in [0.29, 0.717) is 10.3 Å². The van der Waals surface area contributed by atoms with Gasteiger partial charge < -0.3 is 37.4 Å². The summed E-state index contributed by atoms with van der Waals surface area (Å²) in [5.74, 6) is 0. The molecule has 35 heavy (non-hydrogen) atoms. The molecule has 6 heterocycles. The molecule has 0 aromatic carbocycles. The fourth-order valence-electron chi connectivity index (χ4n) is 3.99. The second-order valence-corrected chi connectivity index (χ2v) is 13.2. The maximum atomic E-state index is 8.51. The van der Waals surface area contributed by atoms with Crippen LogP contribution in [0.15, 0.2) is 3.92 Å². The molecule has 3 aromatic rings. The third-order valence-electron chi connectivity index (χ3n) is 5.83. The molecule has 0 bridgehead atoms. The fraction of sp³-hybridized carbons (Fsp3) is 0.571. The van der Waals surface area contributed by atoms with Gasteiger partial charge in [-0.1, -0.05) is 0 Å². The molecule has 2 N–H and O–H groups in total. The highest BCUT2D eigenvalue weighted by Crippen LogP contribution is 2.29. The molecule has 3 aliphatic heterocycles. The zero-order chi connectivity index (χ0) is 24.2. The first kappa shape index (κ1) is 28.5. The molecule has 0 saturated heterocycles. The van der Waals surface area contributed by atoms with E-state index < -0.39 is 0 Å². The van der Waals surface area contributed by atoms with Gasteiger partial charge in [0.05, 0.1) is 21.7 Å². The standard InChI is InChI=1S/C7H9BrN2S.C7H9N4S.C7H11N3S.BrH/c1-10-3-2-5-6(4-10)11-7(8)9-5;1-11-3-2-5-6(4-11)12-7(9-5)10-8;1-10-3-2-5-6(4-10)11-7(8)9-5;/h2-4H2,1H3;2-4H2,1H3;2-4H2,1H3,(H2,8,9);1H/q;+1;;/p-1. The summed E-state index contributed by atoms with van der Waals surface area (Å²) in [5, 5.41) is 9.71. The van der Waals surface area contributed by atoms with E-state index in [1.54, 1.807) is 22.7 Å². The van der Waals surface area contributed by atoms with E-state index in [-0.39, 0.29) is 17.0 Å². The number of anilines is 1. The lowest BCUT2D eigenvalue weighted by Crippen LogP contribution is -3.00. The number of fused-ring (bicyclic) bond motifs is 3. The smallest absolute Gasteiger partial charge is 0.523 e. The lowest BCUT2D eigenvalue weighted by atomic mass is 10.2. The summed E-state index contributed by atoms with van der Waals surface area (Å²) in [5.41, 5.74) is 9.20. The summed E-state index contributed by atoms with van der Waals surface area (Å²) in [7, 11) is 6.35. The molecule has 0 saturated carbocycles. The highest BCUT2D eigenvalue weighted by molar-refractivity contribution is 9.11. The van der Waals surface area contributed by atoms with Crippen molar-refractivity contribution < 1.29 is 17.0 Å². The maximum Gasteiger partial charge on any atom is 0.523 e. The van der Waals surface area contributed by atoms with Gasteiger partial charge >= 0.3 is 5.13 Å². The van der Waals surface area contributed by atoms with Crippen LogP contribution in [-0.4, -0.2) is 70.4 Å². The van der Waals surface area contributed by atoms with E-state index in [1.165, 1.54) is 37.4 Å². The molecule has 6 rings (SSSR count). The number of halogens is 2. The lowest BCUT2D eigenvalue weighted by molar-refractivity contribution is -0.00000730. The zero-order valence-electron chi connectivity index (χ0n) is 20.0. The maximum absolute atomic E-state index is 8.51. The van der Waals surface area contributed by atoms with Crippen molar-refractivity contribution >= 4 is 60.2 Å². The number of aromatic nitrogens is 3. The topological polar surface area (TPSA) is 103 Å². The molecular weight excluding hydrogens is 634 g/mol. The number of hydrogen-bond donors (Lipinski definition) is 1. The Balaban J connectivity index is 0.000000145. The van der Waals surface area contributed by atoms with E-state index in [4.69, 9.17) is 11.1 Å². The van der Waals surface area contributed by atoms with Gasteiger partial charge in [0, 0.05) is 73.3 Å². The van der Waals surface area contributed by atoms with Crippen LogP contribution in [0.1, 0.15) is 31.7 Å². The molecule has 0 aliphatic carbocycles. The van der Waals surface area contributed by atoms with Crippen molar-refractivity contribution in [2.24, 2.45) is 0 Å². The van der Waals surface area contributed by atoms with Crippen molar-refractivity contribution in [3.05, 3.63) is 40.6 Å². The summed E-state index contributed by atoms with van der Waals surface area (Å²) in [6.07, 6.45) is 3.13. The molecule has 9 nitrogen and oxygen atoms in total. The van der Waals surface area contributed by atoms with Crippen LogP contribution >= 0.6 is 49.9 Å². The van der Waals surface area contributed by atoms with Crippen LogP contribution in [0, 0.1) is 5.39 Å². The van der Waals surface area contributed by atoms with Crippen molar-refractivity contribution in [2.45, 2.75) is 38.9 Å². The van der Waals surface area contributed by atoms with Gasteiger partial charge in [-0.25, -0.2) is 9.97 Å². The van der Waals surface area contributed by atoms with Crippen LogP contribution in [0.4, 0.5) is 10.3 Å². The molecule has 0 unspecified atom stereocenters. The minimum atomic E-state index is 0. The minimum Gasteiger partial charge on any atom is -1.00 e. The quantitative estimate of drug-likeness (QED) is 0.359. The van der Waals surface area contributed by atoms with Crippen molar-refractivity contribution in [2.75, 3.05) is 46.5 Å². The SMILES string of the molecule is CN1CCc2nc(Br)sc2C1.CN1CCc2nc(N)sc2C1.CN1CCc2nc([N+]#N)sc2C1.[Br-]. The van der Waals surface area contributed by atoms with Crippen molar-refractivity contribution in [1.82, 2.24) is 29.7 Å². The summed E-state index contributed by atoms with van der Waals surface area (Å²) in [4.78, 5) is 26.8. The van der Waals surface area contributed by atoms with E-state index in [0.717, 1.165) is 68.1 Å². The van der Waals surface area contributed by atoms with Crippen molar-refractivity contribution in [3.8, 4) is 0 Å². The monoisotopic (exact) mass is 661 g/mol. The predicted octanol–water partition coefficient (Wildman–Crippen LogP) is 1.23. The Morgan fingerprint density at radius 1 is 0.771 bits per heavy atom. The minimum absolute atomic E-state index is 0. The number of nitrogens with zero attached hydrogens (tertiary/aromatic N) is 8. The Morgan fingerprint density at radius 2 is 1.23 bits per heavy atom. The third-order valence-corrected chi connectivity index (χ3v) is 9.24. The molecule has 0 fully saturated rings. The number of rotatable bonds is 0. The van der Waals surface area contributed by atoms with Gasteiger partial charge in [0.1, 0.15) is 0 Å². The number of nitrogen functional groups attached to an aromatic ring is 1. The van der Waals surface area contributed by atoms with Gasteiger partial charge in [0.25, 0.3) is 0 Å². The van der Waals surface area contributed by atoms with Gasteiger partial charge in [0.2, 0.25) is 0 Å². The molecule has 3 aliphatic rings. The fourth-order valence-corrected chi connectivity index (χ4v) is 7.62. The number of thiazole rings is 3. The predicted molar refractivity (Wildman–Crippen MR) is 143 cm³/mol. The van der Waals surface area contributed by atoms with Gasteiger partial charge in [-0.3, -0.25) is 0 Å². The zero-order valence-corrected chi connectivity index (χ0v) is 25.6. The van der Waals surface area contributed by atoms with E-state index in [1.807, 2.05) is 0 Å². The second kappa shape index (κ2) is 13.0. The Hall–Kier alpha value is -1.05. The molecular formula is C21H29Br2N9S3. The van der Waals surface area contributed by atoms with Crippen LogP contribution in [0.2, 0.25) is 0 Å². The van der Waals surface area contributed by atoms with Crippen LogP contribution in [0.25, 0.3) is 4.98 Å². The van der Waals surface area contributed by atoms with E-state index in [2.05, 4.69) is 71.7 Å². The Morgan fingerprint density at radius 3 is 1.77 bits per heavy atom. The molecule has 0 spiro atoms. The van der Waals surface area contributed by atoms with Gasteiger partial charge in [-0.15, -0.1) is 22.7 Å². The Bertz CT molecular complexity index is 1110. The van der Waals surface area contributed by atoms with Gasteiger partial charge in [0.15, 0.2) is 14.7 Å². The molecule has 190 valence electrons. The Kier molecular flexibility index (Phi) is 10.6. The highest BCUT2D eigenvalue weighted by atomic mass is 79.9. The molecule has 14 heteroatoms. The average Bonchev–Trinajstić information content (AvgIpc) is 3.48. The van der Waals surface area contributed by atoms with Gasteiger partial charge in [-0.05, 0) is 53.4 Å². The van der Waals surface area contributed by atoms with Crippen molar-refractivity contribution in [1.29, 1.82) is 5.39 Å². The Labute approximate surface area is 236 Å². The van der Waals surface area contributed by atoms with E-state index >= 15 is 0 Å². The summed E-state index contributed by atoms with van der Waals surface area (Å²) < 4.78 is 1.03. The van der Waals surface area contributed by atoms with Gasteiger partial charge in [-0.2, -0.15) is 0 Å². The second-order valence-electron chi connectivity index (χ2n) is 8.69. The first-order chi connectivity index (χ1) is 16.3. The first-order valence-corrected chi connectivity index (χ1v) is 14.3. The lowest BCUT2D eigenvalue weighted by Gasteiger charge is -2.20.